The number of nitrogens with zero attached hydrogens (tertiary/aromatic N) is 3. The minimum Gasteiger partial charge on any atom is -0.321 e. The first-order valence-corrected chi connectivity index (χ1v) is 6.15. The summed E-state index contributed by atoms with van der Waals surface area (Å²) in [5.74, 6) is -0.211. The van der Waals surface area contributed by atoms with Gasteiger partial charge in [0, 0.05) is 18.1 Å². The van der Waals surface area contributed by atoms with Crippen LogP contribution in [0.5, 0.6) is 0 Å². The molecule has 0 aliphatic heterocycles. The average Bonchev–Trinajstić information content (AvgIpc) is 2.99. The number of anilines is 1. The molecule has 1 amide bonds. The monoisotopic (exact) mass is 264 g/mol. The van der Waals surface area contributed by atoms with Crippen LogP contribution in [0, 0.1) is 0 Å². The molecule has 1 N–H and O–H groups in total. The molecule has 0 unspecified atom stereocenters. The van der Waals surface area contributed by atoms with Crippen LogP contribution in [0.2, 0.25) is 0 Å². The first-order valence-electron chi connectivity index (χ1n) is 6.15. The third-order valence-electron chi connectivity index (χ3n) is 2.81. The number of hydrogen-bond donors (Lipinski definition) is 1. The molecule has 0 atom stereocenters. The summed E-state index contributed by atoms with van der Waals surface area (Å²) in [6, 6.07) is 14.7. The summed E-state index contributed by atoms with van der Waals surface area (Å²) < 4.78 is 1.61. The lowest BCUT2D eigenvalue weighted by Gasteiger charge is -2.08. The quantitative estimate of drug-likeness (QED) is 0.790. The Kier molecular flexibility index (Phi) is 3.24. The molecular weight excluding hydrogens is 252 g/mol. The third-order valence-corrected chi connectivity index (χ3v) is 2.81. The molecule has 2 aromatic heterocycles. The van der Waals surface area contributed by atoms with E-state index in [9.17, 15) is 4.79 Å². The van der Waals surface area contributed by atoms with Crippen LogP contribution in [-0.4, -0.2) is 20.7 Å². The van der Waals surface area contributed by atoms with Crippen molar-refractivity contribution in [2.75, 3.05) is 5.32 Å². The standard InChI is InChI=1S/C15H12N4O/c20-15(18-12-6-9-16-10-7-12)14-8-11-17-19(14)13-4-2-1-3-5-13/h1-11H,(H,16,18,20). The van der Waals surface area contributed by atoms with Gasteiger partial charge in [-0.2, -0.15) is 5.10 Å². The number of benzene rings is 1. The number of amides is 1. The molecule has 98 valence electrons. The Balaban J connectivity index is 1.88. The summed E-state index contributed by atoms with van der Waals surface area (Å²) in [5, 5.41) is 7.01. The summed E-state index contributed by atoms with van der Waals surface area (Å²) in [7, 11) is 0. The van der Waals surface area contributed by atoms with Gasteiger partial charge in [0.2, 0.25) is 0 Å². The smallest absolute Gasteiger partial charge is 0.274 e. The fourth-order valence-corrected chi connectivity index (χ4v) is 1.88. The van der Waals surface area contributed by atoms with Crippen LogP contribution in [0.3, 0.4) is 0 Å². The van der Waals surface area contributed by atoms with Gasteiger partial charge < -0.3 is 5.32 Å². The lowest BCUT2D eigenvalue weighted by molar-refractivity contribution is 0.101. The normalized spacial score (nSPS) is 10.2. The highest BCUT2D eigenvalue weighted by Crippen LogP contribution is 2.12. The molecule has 2 heterocycles. The lowest BCUT2D eigenvalue weighted by Crippen LogP contribution is -2.16. The van der Waals surface area contributed by atoms with Crippen molar-refractivity contribution >= 4 is 11.6 Å². The van der Waals surface area contributed by atoms with Crippen molar-refractivity contribution in [3.8, 4) is 5.69 Å². The van der Waals surface area contributed by atoms with Crippen LogP contribution >= 0.6 is 0 Å². The molecule has 0 aliphatic carbocycles. The zero-order valence-electron chi connectivity index (χ0n) is 10.6. The molecule has 3 rings (SSSR count). The van der Waals surface area contributed by atoms with Gasteiger partial charge in [0.05, 0.1) is 11.9 Å². The van der Waals surface area contributed by atoms with Crippen LogP contribution in [0.4, 0.5) is 5.69 Å². The molecule has 5 nitrogen and oxygen atoms in total. The molecule has 20 heavy (non-hydrogen) atoms. The van der Waals surface area contributed by atoms with Crippen molar-refractivity contribution < 1.29 is 4.79 Å². The van der Waals surface area contributed by atoms with E-state index in [4.69, 9.17) is 0 Å². The fourth-order valence-electron chi connectivity index (χ4n) is 1.88. The minimum atomic E-state index is -0.211. The third kappa shape index (κ3) is 2.42. The van der Waals surface area contributed by atoms with Crippen LogP contribution in [-0.2, 0) is 0 Å². The van der Waals surface area contributed by atoms with Gasteiger partial charge in [0.1, 0.15) is 5.69 Å². The summed E-state index contributed by atoms with van der Waals surface area (Å²) in [5.41, 5.74) is 2.02. The molecule has 0 saturated carbocycles. The van der Waals surface area contributed by atoms with E-state index in [2.05, 4.69) is 15.4 Å². The highest BCUT2D eigenvalue weighted by atomic mass is 16.2. The van der Waals surface area contributed by atoms with Crippen LogP contribution in [0.25, 0.3) is 5.69 Å². The largest absolute Gasteiger partial charge is 0.321 e. The van der Waals surface area contributed by atoms with E-state index in [0.29, 0.717) is 11.4 Å². The fraction of sp³-hybridized carbons (Fsp3) is 0. The number of rotatable bonds is 3. The van der Waals surface area contributed by atoms with Gasteiger partial charge in [-0.05, 0) is 30.3 Å². The Morgan fingerprint density at radius 3 is 2.45 bits per heavy atom. The number of para-hydroxylation sites is 1. The van der Waals surface area contributed by atoms with E-state index < -0.39 is 0 Å². The maximum atomic E-state index is 12.3. The Hall–Kier alpha value is -2.95. The molecule has 0 aliphatic rings. The van der Waals surface area contributed by atoms with Crippen LogP contribution < -0.4 is 5.32 Å². The molecular formula is C15H12N4O. The van der Waals surface area contributed by atoms with Crippen LogP contribution in [0.15, 0.2) is 67.1 Å². The van der Waals surface area contributed by atoms with E-state index in [0.717, 1.165) is 5.69 Å². The molecule has 0 fully saturated rings. The van der Waals surface area contributed by atoms with Crippen molar-refractivity contribution in [1.29, 1.82) is 0 Å². The van der Waals surface area contributed by atoms with Gasteiger partial charge in [0.15, 0.2) is 0 Å². The van der Waals surface area contributed by atoms with Crippen molar-refractivity contribution in [1.82, 2.24) is 14.8 Å². The van der Waals surface area contributed by atoms with Crippen molar-refractivity contribution in [3.63, 3.8) is 0 Å². The summed E-state index contributed by atoms with van der Waals surface area (Å²) >= 11 is 0. The Bertz CT molecular complexity index is 707. The van der Waals surface area contributed by atoms with Gasteiger partial charge in [0.25, 0.3) is 5.91 Å². The maximum Gasteiger partial charge on any atom is 0.274 e. The average molecular weight is 264 g/mol. The SMILES string of the molecule is O=C(Nc1ccncc1)c1ccnn1-c1ccccc1. The van der Waals surface area contributed by atoms with E-state index in [1.807, 2.05) is 30.3 Å². The number of pyridine rings is 1. The molecule has 5 heteroatoms. The zero-order valence-corrected chi connectivity index (χ0v) is 10.6. The maximum absolute atomic E-state index is 12.3. The molecule has 0 bridgehead atoms. The van der Waals surface area contributed by atoms with E-state index in [1.54, 1.807) is 41.5 Å². The number of carbonyl (C=O) groups is 1. The Morgan fingerprint density at radius 1 is 0.950 bits per heavy atom. The van der Waals surface area contributed by atoms with E-state index in [1.165, 1.54) is 0 Å². The van der Waals surface area contributed by atoms with E-state index in [-0.39, 0.29) is 5.91 Å². The lowest BCUT2D eigenvalue weighted by atomic mass is 10.3. The van der Waals surface area contributed by atoms with Gasteiger partial charge in [-0.1, -0.05) is 18.2 Å². The highest BCUT2D eigenvalue weighted by Gasteiger charge is 2.13. The predicted octanol–water partition coefficient (Wildman–Crippen LogP) is 2.52. The van der Waals surface area contributed by atoms with Gasteiger partial charge in [-0.25, -0.2) is 4.68 Å². The van der Waals surface area contributed by atoms with Gasteiger partial charge >= 0.3 is 0 Å². The highest BCUT2D eigenvalue weighted by molar-refractivity contribution is 6.03. The second-order valence-electron chi connectivity index (χ2n) is 4.15. The molecule has 0 radical (unpaired) electrons. The van der Waals surface area contributed by atoms with Gasteiger partial charge in [-0.15, -0.1) is 0 Å². The number of aromatic nitrogens is 3. The second-order valence-corrected chi connectivity index (χ2v) is 4.15. The topological polar surface area (TPSA) is 59.8 Å². The number of carbonyl (C=O) groups excluding carboxylic acids is 1. The number of hydrogen-bond acceptors (Lipinski definition) is 3. The molecule has 1 aromatic carbocycles. The van der Waals surface area contributed by atoms with Crippen molar-refractivity contribution in [2.45, 2.75) is 0 Å². The predicted molar refractivity (Wildman–Crippen MR) is 75.8 cm³/mol. The first-order chi connectivity index (χ1) is 9.84. The summed E-state index contributed by atoms with van der Waals surface area (Å²) in [4.78, 5) is 16.2. The van der Waals surface area contributed by atoms with Crippen LogP contribution in [0.1, 0.15) is 10.5 Å². The molecule has 0 spiro atoms. The van der Waals surface area contributed by atoms with Crippen molar-refractivity contribution in [3.05, 3.63) is 72.8 Å². The van der Waals surface area contributed by atoms with Crippen molar-refractivity contribution in [2.24, 2.45) is 0 Å². The minimum absolute atomic E-state index is 0.211. The molecule has 0 saturated heterocycles. The molecule has 3 aromatic rings. The Morgan fingerprint density at radius 2 is 1.70 bits per heavy atom. The first kappa shape index (κ1) is 12.1. The summed E-state index contributed by atoms with van der Waals surface area (Å²) in [6.07, 6.45) is 4.86. The second kappa shape index (κ2) is 5.36. The van der Waals surface area contributed by atoms with E-state index >= 15 is 0 Å². The zero-order chi connectivity index (χ0) is 13.8. The number of nitrogens with one attached hydrogen (secondary N) is 1. The Labute approximate surface area is 115 Å². The van der Waals surface area contributed by atoms with Gasteiger partial charge in [-0.3, -0.25) is 9.78 Å². The summed E-state index contributed by atoms with van der Waals surface area (Å²) in [6.45, 7) is 0.